The lowest BCUT2D eigenvalue weighted by atomic mass is 9.94. The van der Waals surface area contributed by atoms with Gasteiger partial charge in [-0.25, -0.2) is 14.6 Å². The number of carbonyl (C=O) groups excluding carboxylic acids is 3. The number of anilines is 1. The van der Waals surface area contributed by atoms with Crippen LogP contribution in [0.5, 0.6) is 11.5 Å². The number of ether oxygens (including phenoxy) is 3. The van der Waals surface area contributed by atoms with Crippen molar-refractivity contribution in [3.8, 4) is 11.5 Å². The molecule has 0 saturated heterocycles. The van der Waals surface area contributed by atoms with E-state index < -0.39 is 11.9 Å². The molecule has 0 unspecified atom stereocenters. The largest absolute Gasteiger partial charge is 0.507 e. The maximum absolute atomic E-state index is 12.4. The summed E-state index contributed by atoms with van der Waals surface area (Å²) in [5.41, 5.74) is 3.55. The third-order valence-corrected chi connectivity index (χ3v) is 6.61. The Kier molecular flexibility index (Phi) is 7.93. The van der Waals surface area contributed by atoms with Crippen molar-refractivity contribution in [3.63, 3.8) is 0 Å². The summed E-state index contributed by atoms with van der Waals surface area (Å²) in [7, 11) is 1.52. The van der Waals surface area contributed by atoms with Crippen LogP contribution in [0.1, 0.15) is 69.1 Å². The number of thiazole rings is 1. The lowest BCUT2D eigenvalue weighted by Gasteiger charge is -2.15. The number of esters is 2. The molecule has 0 radical (unpaired) electrons. The first-order valence-electron chi connectivity index (χ1n) is 10.9. The van der Waals surface area contributed by atoms with Crippen molar-refractivity contribution in [2.45, 2.75) is 53.6 Å². The Morgan fingerprint density at radius 3 is 2.71 bits per heavy atom. The van der Waals surface area contributed by atoms with Gasteiger partial charge in [0.1, 0.15) is 28.5 Å². The average Bonchev–Trinajstić information content (AvgIpc) is 3.36. The van der Waals surface area contributed by atoms with Crippen LogP contribution in [0.25, 0.3) is 0 Å². The van der Waals surface area contributed by atoms with Gasteiger partial charge in [-0.1, -0.05) is 23.0 Å². The normalized spacial score (nSPS) is 12.9. The van der Waals surface area contributed by atoms with Gasteiger partial charge in [0.25, 0.3) is 0 Å². The standard InChI is InChI=1S/C24H28N2O7S/c1-6-32-23(30)21-14(4)25-24(34-21)26-17(27)10-8-12(2)7-9-15-19(28)18-16(11-33-22(18)29)13(3)20(15)31-5/h7,28H,6,8-11H2,1-5H3,(H,25,26,27)/b12-7+. The number of aromatic hydroxyl groups is 1. The Labute approximate surface area is 201 Å². The molecule has 1 aliphatic heterocycles. The zero-order valence-electron chi connectivity index (χ0n) is 19.9. The van der Waals surface area contributed by atoms with Crippen molar-refractivity contribution in [2.75, 3.05) is 19.0 Å². The molecule has 1 aliphatic rings. The Morgan fingerprint density at radius 2 is 2.03 bits per heavy atom. The van der Waals surface area contributed by atoms with Crippen molar-refractivity contribution in [1.29, 1.82) is 0 Å². The molecule has 1 aromatic heterocycles. The number of benzene rings is 1. The molecule has 2 heterocycles. The molecule has 10 heteroatoms. The smallest absolute Gasteiger partial charge is 0.350 e. The van der Waals surface area contributed by atoms with Gasteiger partial charge < -0.3 is 24.6 Å². The highest BCUT2D eigenvalue weighted by Gasteiger charge is 2.31. The zero-order valence-corrected chi connectivity index (χ0v) is 20.7. The van der Waals surface area contributed by atoms with Crippen LogP contribution in [0.4, 0.5) is 5.13 Å². The van der Waals surface area contributed by atoms with Crippen molar-refractivity contribution < 1.29 is 33.7 Å². The topological polar surface area (TPSA) is 124 Å². The number of carbonyl (C=O) groups is 3. The summed E-state index contributed by atoms with van der Waals surface area (Å²) >= 11 is 1.08. The number of fused-ring (bicyclic) bond motifs is 1. The van der Waals surface area contributed by atoms with Crippen LogP contribution < -0.4 is 10.1 Å². The second-order valence-electron chi connectivity index (χ2n) is 7.87. The molecule has 2 N–H and O–H groups in total. The maximum atomic E-state index is 12.4. The van der Waals surface area contributed by atoms with E-state index in [1.165, 1.54) is 7.11 Å². The molecular weight excluding hydrogens is 460 g/mol. The molecule has 1 aromatic carbocycles. The Bertz CT molecular complexity index is 1170. The van der Waals surface area contributed by atoms with E-state index in [0.717, 1.165) is 22.5 Å². The molecule has 3 rings (SSSR count). The summed E-state index contributed by atoms with van der Waals surface area (Å²) in [5.74, 6) is -0.828. The number of hydrogen-bond acceptors (Lipinski definition) is 9. The van der Waals surface area contributed by atoms with Gasteiger partial charge in [-0.3, -0.25) is 4.79 Å². The summed E-state index contributed by atoms with van der Waals surface area (Å²) in [5, 5.41) is 13.8. The van der Waals surface area contributed by atoms with E-state index in [-0.39, 0.29) is 36.9 Å². The Morgan fingerprint density at radius 1 is 1.29 bits per heavy atom. The monoisotopic (exact) mass is 488 g/mol. The van der Waals surface area contributed by atoms with Crippen LogP contribution in [0, 0.1) is 13.8 Å². The number of allylic oxidation sites excluding steroid dienone is 2. The summed E-state index contributed by atoms with van der Waals surface area (Å²) in [4.78, 5) is 40.9. The van der Waals surface area contributed by atoms with Crippen LogP contribution in [-0.2, 0) is 27.3 Å². The maximum Gasteiger partial charge on any atom is 0.350 e. The van der Waals surface area contributed by atoms with E-state index in [9.17, 15) is 19.5 Å². The van der Waals surface area contributed by atoms with E-state index in [0.29, 0.717) is 45.4 Å². The van der Waals surface area contributed by atoms with Crippen LogP contribution >= 0.6 is 11.3 Å². The molecule has 9 nitrogen and oxygen atoms in total. The highest BCUT2D eigenvalue weighted by Crippen LogP contribution is 2.42. The predicted octanol–water partition coefficient (Wildman–Crippen LogP) is 4.23. The Hall–Kier alpha value is -3.40. The summed E-state index contributed by atoms with van der Waals surface area (Å²) in [6, 6.07) is 0. The quantitative estimate of drug-likeness (QED) is 0.397. The number of nitrogens with zero attached hydrogens (tertiary/aromatic N) is 1. The second kappa shape index (κ2) is 10.7. The number of phenols is 1. The molecule has 0 spiro atoms. The van der Waals surface area contributed by atoms with Crippen LogP contribution in [0.15, 0.2) is 11.6 Å². The highest BCUT2D eigenvalue weighted by molar-refractivity contribution is 7.17. The van der Waals surface area contributed by atoms with Gasteiger partial charge in [-0.05, 0) is 46.1 Å². The van der Waals surface area contributed by atoms with E-state index >= 15 is 0 Å². The lowest BCUT2D eigenvalue weighted by Crippen LogP contribution is -2.11. The molecule has 34 heavy (non-hydrogen) atoms. The fourth-order valence-electron chi connectivity index (χ4n) is 3.73. The van der Waals surface area contributed by atoms with E-state index in [2.05, 4.69) is 10.3 Å². The molecule has 1 amide bonds. The molecule has 0 atom stereocenters. The minimum absolute atomic E-state index is 0.119. The first-order valence-corrected chi connectivity index (χ1v) is 11.7. The van der Waals surface area contributed by atoms with Crippen LogP contribution in [-0.4, -0.2) is 41.7 Å². The van der Waals surface area contributed by atoms with Crippen LogP contribution in [0.2, 0.25) is 0 Å². The van der Waals surface area contributed by atoms with Gasteiger partial charge in [0.05, 0.1) is 19.4 Å². The van der Waals surface area contributed by atoms with Gasteiger partial charge in [0, 0.05) is 17.5 Å². The number of hydrogen-bond donors (Lipinski definition) is 2. The molecule has 0 aliphatic carbocycles. The van der Waals surface area contributed by atoms with Crippen molar-refractivity contribution in [3.05, 3.63) is 44.5 Å². The third kappa shape index (κ3) is 5.22. The molecular formula is C24H28N2O7S. The number of methoxy groups -OCH3 is 1. The van der Waals surface area contributed by atoms with Gasteiger partial charge in [-0.2, -0.15) is 0 Å². The zero-order chi connectivity index (χ0) is 25.0. The lowest BCUT2D eigenvalue weighted by molar-refractivity contribution is -0.116. The molecule has 182 valence electrons. The van der Waals surface area contributed by atoms with E-state index in [1.807, 2.05) is 19.9 Å². The summed E-state index contributed by atoms with van der Waals surface area (Å²) in [6.07, 6.45) is 2.92. The fourth-order valence-corrected chi connectivity index (χ4v) is 4.61. The fraction of sp³-hybridized carbons (Fsp3) is 0.417. The van der Waals surface area contributed by atoms with Crippen molar-refractivity contribution in [1.82, 2.24) is 4.98 Å². The molecule has 0 bridgehead atoms. The number of phenolic OH excluding ortho intramolecular Hbond substituents is 1. The highest BCUT2D eigenvalue weighted by atomic mass is 32.1. The second-order valence-corrected chi connectivity index (χ2v) is 8.87. The van der Waals surface area contributed by atoms with Crippen LogP contribution in [0.3, 0.4) is 0 Å². The third-order valence-electron chi connectivity index (χ3n) is 5.55. The van der Waals surface area contributed by atoms with Gasteiger partial charge in [0.2, 0.25) is 5.91 Å². The van der Waals surface area contributed by atoms with Crippen molar-refractivity contribution in [2.24, 2.45) is 0 Å². The Balaban J connectivity index is 1.64. The number of nitrogens with one attached hydrogen (secondary N) is 1. The SMILES string of the molecule is CCOC(=O)c1sc(NC(=O)CC/C(C)=C/Cc2c(O)c3c(c(C)c2OC)COC3=O)nc1C. The van der Waals surface area contributed by atoms with Gasteiger partial charge in [0.15, 0.2) is 5.13 Å². The van der Waals surface area contributed by atoms with Gasteiger partial charge >= 0.3 is 11.9 Å². The number of aromatic nitrogens is 1. The number of aryl methyl sites for hydroxylation is 1. The summed E-state index contributed by atoms with van der Waals surface area (Å²) in [6.45, 7) is 7.52. The minimum atomic E-state index is -0.541. The molecule has 0 saturated carbocycles. The number of cyclic esters (lactones) is 1. The number of rotatable bonds is 9. The summed E-state index contributed by atoms with van der Waals surface area (Å²) < 4.78 is 15.6. The predicted molar refractivity (Wildman–Crippen MR) is 127 cm³/mol. The first-order chi connectivity index (χ1) is 16.2. The molecule has 0 fully saturated rings. The van der Waals surface area contributed by atoms with Gasteiger partial charge in [-0.15, -0.1) is 0 Å². The van der Waals surface area contributed by atoms with E-state index in [4.69, 9.17) is 14.2 Å². The minimum Gasteiger partial charge on any atom is -0.507 e. The van der Waals surface area contributed by atoms with Crippen molar-refractivity contribution >= 4 is 34.3 Å². The number of amides is 1. The first kappa shape index (κ1) is 25.2. The average molecular weight is 489 g/mol. The molecule has 2 aromatic rings. The van der Waals surface area contributed by atoms with E-state index in [1.54, 1.807) is 13.8 Å².